The van der Waals surface area contributed by atoms with Crippen LogP contribution in [0.1, 0.15) is 66.2 Å². The molecule has 0 aromatic heterocycles. The van der Waals surface area contributed by atoms with Crippen LogP contribution in [0, 0.1) is 0 Å². The van der Waals surface area contributed by atoms with Crippen molar-refractivity contribution in [3.63, 3.8) is 0 Å². The minimum atomic E-state index is -2.08. The molecule has 0 saturated carbocycles. The van der Waals surface area contributed by atoms with E-state index in [1.807, 2.05) is 6.56 Å². The van der Waals surface area contributed by atoms with E-state index in [1.165, 1.54) is 38.5 Å². The smallest absolute Gasteiger partial charge is 1.00 e. The second-order valence-corrected chi connectivity index (χ2v) is 17.5. The molecule has 0 N–H and O–H groups in total. The summed E-state index contributed by atoms with van der Waals surface area (Å²) in [5.41, 5.74) is 6.99. The summed E-state index contributed by atoms with van der Waals surface area (Å²) in [6.45, 7) is 9.43. The Hall–Kier alpha value is 0.423. The molecule has 0 nitrogen and oxygen atoms in total. The third kappa shape index (κ3) is 3.54. The quantitative estimate of drug-likeness (QED) is 0.583. The van der Waals surface area contributed by atoms with E-state index >= 15 is 0 Å². The molecule has 2 aliphatic carbocycles. The zero-order chi connectivity index (χ0) is 15.0. The molecule has 0 unspecified atom stereocenters. The molecular weight excluding hydrogens is 402 g/mol. The maximum atomic E-state index is 2.57. The molecule has 1 saturated heterocycles. The number of allylic oxidation sites excluding steroid dienone is 8. The fourth-order valence-corrected chi connectivity index (χ4v) is 19.8. The van der Waals surface area contributed by atoms with E-state index in [-0.39, 0.29) is 24.8 Å². The van der Waals surface area contributed by atoms with Gasteiger partial charge >= 0.3 is 136 Å². The van der Waals surface area contributed by atoms with Crippen LogP contribution in [-0.4, -0.2) is 0 Å². The Morgan fingerprint density at radius 3 is 1.35 bits per heavy atom. The van der Waals surface area contributed by atoms with Gasteiger partial charge in [0.2, 0.25) is 0 Å². The Balaban J connectivity index is 0.00000132. The van der Waals surface area contributed by atoms with Crippen molar-refractivity contribution in [2.24, 2.45) is 0 Å². The van der Waals surface area contributed by atoms with E-state index in [4.69, 9.17) is 0 Å². The topological polar surface area (TPSA) is 0 Å². The van der Waals surface area contributed by atoms with Crippen LogP contribution in [0.15, 0.2) is 41.0 Å². The number of rotatable bonds is 6. The molecule has 0 radical (unpaired) electrons. The van der Waals surface area contributed by atoms with Gasteiger partial charge in [0.15, 0.2) is 0 Å². The van der Waals surface area contributed by atoms with E-state index in [2.05, 4.69) is 39.8 Å². The average Bonchev–Trinajstić information content (AvgIpc) is 3.03. The molecule has 1 heterocycles. The Bertz CT molecular complexity index is 526. The van der Waals surface area contributed by atoms with Gasteiger partial charge in [-0.3, -0.25) is 0 Å². The van der Waals surface area contributed by atoms with Gasteiger partial charge in [0, 0.05) is 0 Å². The molecular formula is C20H30Cl2Zr. The molecule has 23 heavy (non-hydrogen) atoms. The van der Waals surface area contributed by atoms with Gasteiger partial charge in [0.1, 0.15) is 0 Å². The minimum Gasteiger partial charge on any atom is -1.00 e. The van der Waals surface area contributed by atoms with Crippen molar-refractivity contribution in [2.75, 3.05) is 0 Å². The van der Waals surface area contributed by atoms with Gasteiger partial charge in [-0.05, 0) is 0 Å². The Labute approximate surface area is 159 Å². The summed E-state index contributed by atoms with van der Waals surface area (Å²) in [6, 6.07) is 0. The predicted molar refractivity (Wildman–Crippen MR) is 90.2 cm³/mol. The van der Waals surface area contributed by atoms with Crippen LogP contribution < -0.4 is 24.8 Å². The summed E-state index contributed by atoms with van der Waals surface area (Å²) in [4.78, 5) is 0. The maximum absolute atomic E-state index is 2.57. The van der Waals surface area contributed by atoms with E-state index in [9.17, 15) is 0 Å². The normalized spacial score (nSPS) is 20.3. The third-order valence-corrected chi connectivity index (χ3v) is 17.8. The molecule has 1 fully saturated rings. The fourth-order valence-electron chi connectivity index (χ4n) is 4.81. The predicted octanol–water partition coefficient (Wildman–Crippen LogP) is 0.807. The summed E-state index contributed by atoms with van der Waals surface area (Å²) in [7, 11) is 0. The first kappa shape index (κ1) is 21.5. The average molecular weight is 433 g/mol. The van der Waals surface area contributed by atoms with Crippen molar-refractivity contribution in [3.8, 4) is 0 Å². The van der Waals surface area contributed by atoms with Crippen LogP contribution in [0.5, 0.6) is 0 Å². The fraction of sp³-hybridized carbons (Fsp3) is 0.600. The van der Waals surface area contributed by atoms with Crippen molar-refractivity contribution in [1.29, 1.82) is 0 Å². The van der Waals surface area contributed by atoms with Gasteiger partial charge < -0.3 is 24.8 Å². The van der Waals surface area contributed by atoms with Crippen LogP contribution in [0.25, 0.3) is 0 Å². The van der Waals surface area contributed by atoms with E-state index in [0.717, 1.165) is 0 Å². The monoisotopic (exact) mass is 430 g/mol. The van der Waals surface area contributed by atoms with Crippen LogP contribution in [0.4, 0.5) is 0 Å². The van der Waals surface area contributed by atoms with E-state index in [1.54, 1.807) is 30.5 Å². The number of halogens is 2. The summed E-state index contributed by atoms with van der Waals surface area (Å²) >= 11 is -2.08. The maximum Gasteiger partial charge on any atom is -1.00 e. The van der Waals surface area contributed by atoms with Gasteiger partial charge in [-0.25, -0.2) is 0 Å². The van der Waals surface area contributed by atoms with Crippen LogP contribution in [0.3, 0.4) is 0 Å². The van der Waals surface area contributed by atoms with Gasteiger partial charge in [0.05, 0.1) is 0 Å². The van der Waals surface area contributed by atoms with Gasteiger partial charge in [-0.1, -0.05) is 0 Å². The largest absolute Gasteiger partial charge is 1.00 e. The van der Waals surface area contributed by atoms with Gasteiger partial charge in [-0.2, -0.15) is 0 Å². The summed E-state index contributed by atoms with van der Waals surface area (Å²) < 4.78 is 7.25. The van der Waals surface area contributed by atoms with Crippen molar-refractivity contribution in [1.82, 2.24) is 0 Å². The van der Waals surface area contributed by atoms with E-state index in [0.29, 0.717) is 0 Å². The van der Waals surface area contributed by atoms with Crippen molar-refractivity contribution in [2.45, 2.75) is 74.5 Å². The standard InChI is InChI=1S/2C9H13.C2H4.2ClH.Zr/c2*1-3-8-6-5-7-9(8)4-2;1-2;;;/h2*6H,3-5H2,1-2H3;1-2H2;2*1H;/q;;;;;+2/p-2. The molecule has 0 aromatic rings. The molecule has 1 aliphatic heterocycles. The number of hydrogen-bond donors (Lipinski definition) is 0. The Morgan fingerprint density at radius 2 is 1.09 bits per heavy atom. The SMILES string of the molecule is CCC1=CC[C]([Zr+2]2([C]3=C(CC)C(CC)=CC3)[CH2][CH2]2)=C1CC.[Cl-].[Cl-]. The molecule has 0 bridgehead atoms. The van der Waals surface area contributed by atoms with Crippen molar-refractivity contribution >= 4 is 0 Å². The van der Waals surface area contributed by atoms with Gasteiger partial charge in [-0.15, -0.1) is 0 Å². The van der Waals surface area contributed by atoms with Gasteiger partial charge in [0.25, 0.3) is 0 Å². The van der Waals surface area contributed by atoms with Crippen molar-refractivity contribution < 1.29 is 45.1 Å². The summed E-state index contributed by atoms with van der Waals surface area (Å²) in [5.74, 6) is 0. The molecule has 0 atom stereocenters. The van der Waals surface area contributed by atoms with Crippen LogP contribution in [-0.2, 0) is 20.3 Å². The Morgan fingerprint density at radius 1 is 0.696 bits per heavy atom. The van der Waals surface area contributed by atoms with Crippen molar-refractivity contribution in [3.05, 3.63) is 41.0 Å². The van der Waals surface area contributed by atoms with Crippen LogP contribution in [0.2, 0.25) is 8.26 Å². The minimum absolute atomic E-state index is 0. The zero-order valence-electron chi connectivity index (χ0n) is 15.1. The van der Waals surface area contributed by atoms with Crippen LogP contribution >= 0.6 is 0 Å². The molecule has 0 amide bonds. The first-order valence-electron chi connectivity index (χ1n) is 9.05. The zero-order valence-corrected chi connectivity index (χ0v) is 19.0. The number of hydrogen-bond acceptors (Lipinski definition) is 0. The Kier molecular flexibility index (Phi) is 8.11. The second-order valence-electron chi connectivity index (χ2n) is 6.78. The molecule has 0 spiro atoms. The summed E-state index contributed by atoms with van der Waals surface area (Å²) in [6.07, 6.45) is 12.8. The molecule has 0 aromatic carbocycles. The molecule has 128 valence electrons. The first-order valence-corrected chi connectivity index (χ1v) is 15.0. The first-order chi connectivity index (χ1) is 10.2. The third-order valence-electron chi connectivity index (χ3n) is 5.98. The molecule has 3 aliphatic rings. The molecule has 3 rings (SSSR count). The molecule has 3 heteroatoms. The summed E-state index contributed by atoms with van der Waals surface area (Å²) in [5, 5.41) is 0. The second kappa shape index (κ2) is 8.68. The van der Waals surface area contributed by atoms with E-state index < -0.39 is 20.3 Å².